The van der Waals surface area contributed by atoms with E-state index in [-0.39, 0.29) is 11.9 Å². The molecule has 2 aromatic carbocycles. The average molecular weight is 425 g/mol. The fourth-order valence-corrected chi connectivity index (χ4v) is 4.02. The van der Waals surface area contributed by atoms with Gasteiger partial charge in [0.1, 0.15) is 5.75 Å². The van der Waals surface area contributed by atoms with Crippen molar-refractivity contribution in [2.24, 2.45) is 0 Å². The van der Waals surface area contributed by atoms with Gasteiger partial charge in [-0.15, -0.1) is 0 Å². The molecule has 6 nitrogen and oxygen atoms in total. The topological polar surface area (TPSA) is 59.4 Å². The van der Waals surface area contributed by atoms with E-state index >= 15 is 0 Å². The number of benzene rings is 2. The lowest BCUT2D eigenvalue weighted by Gasteiger charge is -2.29. The van der Waals surface area contributed by atoms with E-state index in [0.29, 0.717) is 17.1 Å². The number of aromatic nitrogens is 2. The Morgan fingerprint density at radius 3 is 2.63 bits per heavy atom. The van der Waals surface area contributed by atoms with Crippen LogP contribution in [-0.4, -0.2) is 47.3 Å². The Kier molecular flexibility index (Phi) is 6.35. The van der Waals surface area contributed by atoms with E-state index in [1.54, 1.807) is 36.3 Å². The molecule has 1 unspecified atom stereocenters. The van der Waals surface area contributed by atoms with Crippen LogP contribution in [0.2, 0.25) is 5.02 Å². The molecule has 1 aromatic heterocycles. The van der Waals surface area contributed by atoms with Gasteiger partial charge in [-0.3, -0.25) is 9.69 Å². The number of ether oxygens (including phenoxy) is 1. The van der Waals surface area contributed by atoms with Crippen LogP contribution in [0.3, 0.4) is 0 Å². The summed E-state index contributed by atoms with van der Waals surface area (Å²) in [5.74, 6) is 0.702. The molecule has 0 spiro atoms. The standard InChI is InChI=1S/C23H25ClN4O2/c1-30-22-7-3-2-6-20(22)21(27-12-4-5-13-27)15-25-23(29)17-14-26-28(16-17)19-10-8-18(24)9-11-19/h2-3,6-11,14,16,21H,4-5,12-13,15H2,1H3,(H,25,29). The van der Waals surface area contributed by atoms with Crippen LogP contribution in [0.5, 0.6) is 5.75 Å². The van der Waals surface area contributed by atoms with Crippen molar-refractivity contribution >= 4 is 17.5 Å². The van der Waals surface area contributed by atoms with E-state index in [9.17, 15) is 4.79 Å². The highest BCUT2D eigenvalue weighted by molar-refractivity contribution is 6.30. The predicted octanol–water partition coefficient (Wildman–Crippen LogP) is 4.10. The first-order chi connectivity index (χ1) is 14.7. The summed E-state index contributed by atoms with van der Waals surface area (Å²) in [4.78, 5) is 15.2. The Bertz CT molecular complexity index is 996. The maximum atomic E-state index is 12.8. The zero-order chi connectivity index (χ0) is 20.9. The number of hydrogen-bond donors (Lipinski definition) is 1. The van der Waals surface area contributed by atoms with Gasteiger partial charge >= 0.3 is 0 Å². The summed E-state index contributed by atoms with van der Waals surface area (Å²) in [5.41, 5.74) is 2.46. The average Bonchev–Trinajstić information content (AvgIpc) is 3.47. The van der Waals surface area contributed by atoms with Crippen molar-refractivity contribution in [3.05, 3.63) is 77.1 Å². The third-order valence-electron chi connectivity index (χ3n) is 5.47. The lowest BCUT2D eigenvalue weighted by Crippen LogP contribution is -2.37. The lowest BCUT2D eigenvalue weighted by atomic mass is 10.0. The first kappa shape index (κ1) is 20.4. The minimum Gasteiger partial charge on any atom is -0.496 e. The molecule has 156 valence electrons. The van der Waals surface area contributed by atoms with Crippen molar-refractivity contribution in [1.29, 1.82) is 0 Å². The Labute approximate surface area is 181 Å². The first-order valence-corrected chi connectivity index (χ1v) is 10.5. The predicted molar refractivity (Wildman–Crippen MR) is 117 cm³/mol. The molecule has 2 heterocycles. The van der Waals surface area contributed by atoms with Gasteiger partial charge < -0.3 is 10.1 Å². The summed E-state index contributed by atoms with van der Waals surface area (Å²) in [6, 6.07) is 15.4. The maximum Gasteiger partial charge on any atom is 0.254 e. The second-order valence-corrected chi connectivity index (χ2v) is 7.80. The van der Waals surface area contributed by atoms with Crippen LogP contribution in [-0.2, 0) is 0 Å². The van der Waals surface area contributed by atoms with Crippen molar-refractivity contribution in [3.63, 3.8) is 0 Å². The minimum absolute atomic E-state index is 0.0684. The zero-order valence-corrected chi connectivity index (χ0v) is 17.7. The Hall–Kier alpha value is -2.83. The van der Waals surface area contributed by atoms with Crippen LogP contribution in [0, 0.1) is 0 Å². The molecule has 4 rings (SSSR count). The highest BCUT2D eigenvalue weighted by Crippen LogP contribution is 2.31. The lowest BCUT2D eigenvalue weighted by molar-refractivity contribution is 0.0937. The molecule has 0 radical (unpaired) electrons. The quantitative estimate of drug-likeness (QED) is 0.620. The van der Waals surface area contributed by atoms with E-state index in [1.165, 1.54) is 12.8 Å². The Morgan fingerprint density at radius 1 is 1.17 bits per heavy atom. The molecule has 1 N–H and O–H groups in total. The van der Waals surface area contributed by atoms with Gasteiger partial charge in [0.05, 0.1) is 30.6 Å². The largest absolute Gasteiger partial charge is 0.496 e. The number of likely N-dealkylation sites (tertiary alicyclic amines) is 1. The minimum atomic E-state index is -0.144. The summed E-state index contributed by atoms with van der Waals surface area (Å²) in [6.45, 7) is 2.55. The maximum absolute atomic E-state index is 12.8. The van der Waals surface area contributed by atoms with Crippen LogP contribution in [0.1, 0.15) is 34.8 Å². The molecule has 1 amide bonds. The summed E-state index contributed by atoms with van der Waals surface area (Å²) >= 11 is 5.94. The number of para-hydroxylation sites is 1. The molecule has 0 aliphatic carbocycles. The highest BCUT2D eigenvalue weighted by atomic mass is 35.5. The van der Waals surface area contributed by atoms with Crippen molar-refractivity contribution in [1.82, 2.24) is 20.0 Å². The number of halogens is 1. The fraction of sp³-hybridized carbons (Fsp3) is 0.304. The van der Waals surface area contributed by atoms with Gasteiger partial charge in [-0.2, -0.15) is 5.10 Å². The van der Waals surface area contributed by atoms with Crippen molar-refractivity contribution in [2.75, 3.05) is 26.7 Å². The normalized spacial score (nSPS) is 15.1. The van der Waals surface area contributed by atoms with E-state index in [0.717, 1.165) is 30.1 Å². The number of carbonyl (C=O) groups is 1. The summed E-state index contributed by atoms with van der Waals surface area (Å²) in [5, 5.41) is 8.06. The SMILES string of the molecule is COc1ccccc1C(CNC(=O)c1cnn(-c2ccc(Cl)cc2)c1)N1CCCC1. The van der Waals surface area contributed by atoms with Gasteiger partial charge in [0.25, 0.3) is 5.91 Å². The number of nitrogens with zero attached hydrogens (tertiary/aromatic N) is 3. The molecule has 1 fully saturated rings. The van der Waals surface area contributed by atoms with Crippen LogP contribution in [0.25, 0.3) is 5.69 Å². The number of rotatable bonds is 7. The second kappa shape index (κ2) is 9.32. The van der Waals surface area contributed by atoms with Crippen LogP contribution in [0.15, 0.2) is 60.9 Å². The molecule has 0 saturated carbocycles. The van der Waals surface area contributed by atoms with E-state index < -0.39 is 0 Å². The monoisotopic (exact) mass is 424 g/mol. The Balaban J connectivity index is 1.48. The van der Waals surface area contributed by atoms with Gasteiger partial charge in [-0.1, -0.05) is 29.8 Å². The van der Waals surface area contributed by atoms with E-state index in [1.807, 2.05) is 30.3 Å². The molecule has 1 aliphatic heterocycles. The number of amides is 1. The van der Waals surface area contributed by atoms with Gasteiger partial charge in [0, 0.05) is 23.3 Å². The van der Waals surface area contributed by atoms with Crippen molar-refractivity contribution in [2.45, 2.75) is 18.9 Å². The van der Waals surface area contributed by atoms with E-state index in [2.05, 4.69) is 21.4 Å². The van der Waals surface area contributed by atoms with Gasteiger partial charge in [-0.05, 0) is 56.3 Å². The molecule has 1 aliphatic rings. The highest BCUT2D eigenvalue weighted by Gasteiger charge is 2.26. The first-order valence-electron chi connectivity index (χ1n) is 10.1. The smallest absolute Gasteiger partial charge is 0.254 e. The molecule has 1 saturated heterocycles. The van der Waals surface area contributed by atoms with Crippen molar-refractivity contribution < 1.29 is 9.53 Å². The summed E-state index contributed by atoms with van der Waals surface area (Å²) in [6.07, 6.45) is 5.66. The van der Waals surface area contributed by atoms with Crippen LogP contribution < -0.4 is 10.1 Å². The molecule has 0 bridgehead atoms. The van der Waals surface area contributed by atoms with Gasteiger partial charge in [-0.25, -0.2) is 4.68 Å². The zero-order valence-electron chi connectivity index (χ0n) is 16.9. The molecule has 3 aromatic rings. The second-order valence-electron chi connectivity index (χ2n) is 7.36. The van der Waals surface area contributed by atoms with Gasteiger partial charge in [0.2, 0.25) is 0 Å². The summed E-state index contributed by atoms with van der Waals surface area (Å²) in [7, 11) is 1.68. The molecule has 7 heteroatoms. The van der Waals surface area contributed by atoms with Crippen LogP contribution in [0.4, 0.5) is 0 Å². The molecule has 1 atom stereocenters. The number of nitrogens with one attached hydrogen (secondary N) is 1. The van der Waals surface area contributed by atoms with E-state index in [4.69, 9.17) is 16.3 Å². The number of methoxy groups -OCH3 is 1. The van der Waals surface area contributed by atoms with Gasteiger partial charge in [0.15, 0.2) is 0 Å². The number of hydrogen-bond acceptors (Lipinski definition) is 4. The Morgan fingerprint density at radius 2 is 1.90 bits per heavy atom. The fourth-order valence-electron chi connectivity index (χ4n) is 3.90. The third-order valence-corrected chi connectivity index (χ3v) is 5.72. The summed E-state index contributed by atoms with van der Waals surface area (Å²) < 4.78 is 7.25. The van der Waals surface area contributed by atoms with Crippen LogP contribution >= 0.6 is 11.6 Å². The van der Waals surface area contributed by atoms with Crippen molar-refractivity contribution in [3.8, 4) is 11.4 Å². The third kappa shape index (κ3) is 4.50. The molecule has 30 heavy (non-hydrogen) atoms. The molecular weight excluding hydrogens is 400 g/mol. The number of carbonyl (C=O) groups excluding carboxylic acids is 1. The molecular formula is C23H25ClN4O2.